The summed E-state index contributed by atoms with van der Waals surface area (Å²) in [6.45, 7) is 0.235. The lowest BCUT2D eigenvalue weighted by Crippen LogP contribution is -2.22. The van der Waals surface area contributed by atoms with Crippen molar-refractivity contribution in [1.82, 2.24) is 0 Å². The van der Waals surface area contributed by atoms with E-state index in [1.807, 2.05) is 42.5 Å². The number of benzene rings is 3. The van der Waals surface area contributed by atoms with E-state index in [1.165, 1.54) is 6.07 Å². The van der Waals surface area contributed by atoms with Crippen molar-refractivity contribution in [2.45, 2.75) is 6.10 Å². The third-order valence-electron chi connectivity index (χ3n) is 3.95. The van der Waals surface area contributed by atoms with E-state index in [4.69, 9.17) is 21.1 Å². The second kappa shape index (κ2) is 6.17. The van der Waals surface area contributed by atoms with Crippen molar-refractivity contribution in [3.05, 3.63) is 83.1 Å². The molecule has 1 radical (unpaired) electrons. The molecule has 0 aliphatic carbocycles. The summed E-state index contributed by atoms with van der Waals surface area (Å²) in [7, 11) is 0. The Bertz CT molecular complexity index is 880. The number of fused-ring (bicyclic) bond motifs is 1. The number of para-hydroxylation sites is 1. The van der Waals surface area contributed by atoms with Crippen molar-refractivity contribution >= 4 is 11.6 Å². The number of halogens is 2. The Balaban J connectivity index is 1.69. The minimum Gasteiger partial charge on any atom is -0.485 e. The molecular formula is C20H13ClFO2. The summed E-state index contributed by atoms with van der Waals surface area (Å²) < 4.78 is 26.0. The van der Waals surface area contributed by atoms with Gasteiger partial charge in [0.15, 0.2) is 17.6 Å². The van der Waals surface area contributed by atoms with Gasteiger partial charge in [0.1, 0.15) is 12.4 Å². The molecule has 0 amide bonds. The molecule has 0 saturated heterocycles. The maximum Gasteiger partial charge on any atom is 0.169 e. The van der Waals surface area contributed by atoms with Crippen LogP contribution in [0.4, 0.5) is 4.39 Å². The first-order valence-electron chi connectivity index (χ1n) is 7.56. The molecule has 0 aromatic heterocycles. The smallest absolute Gasteiger partial charge is 0.169 e. The maximum absolute atomic E-state index is 14.1. The van der Waals surface area contributed by atoms with Gasteiger partial charge >= 0.3 is 0 Å². The molecule has 1 aliphatic rings. The molecule has 3 aromatic rings. The lowest BCUT2D eigenvalue weighted by molar-refractivity contribution is 0.0892. The third kappa shape index (κ3) is 2.72. The number of hydrogen-bond donors (Lipinski definition) is 0. The first kappa shape index (κ1) is 15.0. The van der Waals surface area contributed by atoms with Gasteiger partial charge < -0.3 is 9.47 Å². The minimum absolute atomic E-state index is 0.235. The molecule has 0 fully saturated rings. The normalized spacial score (nSPS) is 16.0. The molecule has 4 heteroatoms. The Morgan fingerprint density at radius 3 is 2.83 bits per heavy atom. The van der Waals surface area contributed by atoms with E-state index in [0.717, 1.165) is 11.1 Å². The van der Waals surface area contributed by atoms with E-state index in [0.29, 0.717) is 22.1 Å². The molecule has 0 bridgehead atoms. The highest BCUT2D eigenvalue weighted by atomic mass is 35.5. The molecule has 1 heterocycles. The molecule has 1 atom stereocenters. The lowest BCUT2D eigenvalue weighted by atomic mass is 10.0. The van der Waals surface area contributed by atoms with Crippen LogP contribution in [0.2, 0.25) is 5.02 Å². The zero-order valence-electron chi connectivity index (χ0n) is 12.6. The fourth-order valence-corrected chi connectivity index (χ4v) is 2.97. The van der Waals surface area contributed by atoms with Crippen LogP contribution in [0.25, 0.3) is 11.1 Å². The highest BCUT2D eigenvalue weighted by Crippen LogP contribution is 2.43. The molecule has 1 aliphatic heterocycles. The van der Waals surface area contributed by atoms with Gasteiger partial charge in [-0.1, -0.05) is 48.0 Å². The van der Waals surface area contributed by atoms with Gasteiger partial charge in [-0.3, -0.25) is 0 Å². The molecule has 1 unspecified atom stereocenters. The van der Waals surface area contributed by atoms with Crippen molar-refractivity contribution in [2.24, 2.45) is 0 Å². The molecule has 3 aromatic carbocycles. The summed E-state index contributed by atoms with van der Waals surface area (Å²) in [6, 6.07) is 20.9. The van der Waals surface area contributed by atoms with Crippen LogP contribution in [0.1, 0.15) is 11.7 Å². The second-order valence-corrected chi connectivity index (χ2v) is 5.94. The summed E-state index contributed by atoms with van der Waals surface area (Å²) in [4.78, 5) is 0. The number of ether oxygens (including phenoxy) is 2. The zero-order valence-corrected chi connectivity index (χ0v) is 13.4. The predicted molar refractivity (Wildman–Crippen MR) is 91.0 cm³/mol. The molecular weight excluding hydrogens is 327 g/mol. The van der Waals surface area contributed by atoms with Gasteiger partial charge in [0, 0.05) is 16.1 Å². The van der Waals surface area contributed by atoms with Gasteiger partial charge in [0.2, 0.25) is 0 Å². The van der Waals surface area contributed by atoms with Crippen LogP contribution in [0.3, 0.4) is 0 Å². The predicted octanol–water partition coefficient (Wildman–Crippen LogP) is 5.46. The van der Waals surface area contributed by atoms with Gasteiger partial charge in [-0.2, -0.15) is 0 Å². The van der Waals surface area contributed by atoms with Crippen molar-refractivity contribution in [1.29, 1.82) is 0 Å². The molecule has 0 saturated carbocycles. The fourth-order valence-electron chi connectivity index (χ4n) is 2.81. The summed E-state index contributed by atoms with van der Waals surface area (Å²) in [6.07, 6.45) is -0.507. The molecule has 0 spiro atoms. The van der Waals surface area contributed by atoms with Crippen LogP contribution >= 0.6 is 11.6 Å². The summed E-state index contributed by atoms with van der Waals surface area (Å²) in [5.74, 6) is 0.873. The minimum atomic E-state index is -0.507. The second-order valence-electron chi connectivity index (χ2n) is 5.51. The molecule has 4 rings (SSSR count). The van der Waals surface area contributed by atoms with E-state index in [1.54, 1.807) is 12.1 Å². The van der Waals surface area contributed by atoms with E-state index in [-0.39, 0.29) is 6.61 Å². The van der Waals surface area contributed by atoms with E-state index in [9.17, 15) is 4.39 Å². The Morgan fingerprint density at radius 1 is 1.12 bits per heavy atom. The van der Waals surface area contributed by atoms with Gasteiger partial charge in [-0.25, -0.2) is 4.39 Å². The van der Waals surface area contributed by atoms with Gasteiger partial charge in [-0.15, -0.1) is 0 Å². The van der Waals surface area contributed by atoms with Crippen LogP contribution < -0.4 is 9.47 Å². The molecule has 2 nitrogen and oxygen atoms in total. The summed E-state index contributed by atoms with van der Waals surface area (Å²) in [5, 5.41) is 0.357. The Kier molecular flexibility index (Phi) is 3.87. The van der Waals surface area contributed by atoms with Gasteiger partial charge in [-0.05, 0) is 35.9 Å². The molecule has 0 N–H and O–H groups in total. The maximum atomic E-state index is 14.1. The van der Waals surface area contributed by atoms with E-state index >= 15 is 0 Å². The van der Waals surface area contributed by atoms with Crippen LogP contribution in [0, 0.1) is 11.9 Å². The SMILES string of the molecule is Fc1cc(Cl)ccc1C1COc2c(cccc2-c2c[c]ccc2)O1. The van der Waals surface area contributed by atoms with Gasteiger partial charge in [0.05, 0.1) is 0 Å². The number of rotatable bonds is 2. The van der Waals surface area contributed by atoms with E-state index in [2.05, 4.69) is 6.07 Å². The highest BCUT2D eigenvalue weighted by molar-refractivity contribution is 6.30. The van der Waals surface area contributed by atoms with Crippen molar-refractivity contribution in [3.8, 4) is 22.6 Å². The zero-order chi connectivity index (χ0) is 16.5. The van der Waals surface area contributed by atoms with Crippen LogP contribution in [0.5, 0.6) is 11.5 Å². The molecule has 119 valence electrons. The first-order chi connectivity index (χ1) is 11.7. The average Bonchev–Trinajstić information content (AvgIpc) is 2.61. The average molecular weight is 340 g/mol. The Labute approximate surface area is 144 Å². The summed E-state index contributed by atoms with van der Waals surface area (Å²) in [5.41, 5.74) is 2.36. The Hall–Kier alpha value is -2.52. The summed E-state index contributed by atoms with van der Waals surface area (Å²) >= 11 is 5.81. The molecule has 24 heavy (non-hydrogen) atoms. The topological polar surface area (TPSA) is 18.5 Å². The number of hydrogen-bond acceptors (Lipinski definition) is 2. The third-order valence-corrected chi connectivity index (χ3v) is 4.19. The Morgan fingerprint density at radius 2 is 2.04 bits per heavy atom. The largest absolute Gasteiger partial charge is 0.485 e. The highest BCUT2D eigenvalue weighted by Gasteiger charge is 2.27. The lowest BCUT2D eigenvalue weighted by Gasteiger charge is -2.28. The van der Waals surface area contributed by atoms with Crippen LogP contribution in [-0.4, -0.2) is 6.61 Å². The van der Waals surface area contributed by atoms with Crippen molar-refractivity contribution < 1.29 is 13.9 Å². The van der Waals surface area contributed by atoms with Crippen LogP contribution in [0.15, 0.2) is 60.7 Å². The monoisotopic (exact) mass is 339 g/mol. The van der Waals surface area contributed by atoms with E-state index < -0.39 is 11.9 Å². The van der Waals surface area contributed by atoms with Crippen molar-refractivity contribution in [2.75, 3.05) is 6.61 Å². The standard InChI is InChI=1S/C20H13ClFO2/c21-14-9-10-16(17(22)11-14)19-12-23-20-15(7-4-8-18(20)24-19)13-5-2-1-3-6-13/h1-2,4-11,19H,12H2. The van der Waals surface area contributed by atoms with Crippen molar-refractivity contribution in [3.63, 3.8) is 0 Å². The fraction of sp³-hybridized carbons (Fsp3) is 0.100. The first-order valence-corrected chi connectivity index (χ1v) is 7.94. The quantitative estimate of drug-likeness (QED) is 0.617. The van der Waals surface area contributed by atoms with Gasteiger partial charge in [0.25, 0.3) is 0 Å². The van der Waals surface area contributed by atoms with Crippen LogP contribution in [-0.2, 0) is 0 Å².